The van der Waals surface area contributed by atoms with Gasteiger partial charge in [-0.05, 0) is 48.9 Å². The molecule has 0 saturated carbocycles. The van der Waals surface area contributed by atoms with Gasteiger partial charge in [0.25, 0.3) is 17.7 Å². The fraction of sp³-hybridized carbons (Fsp3) is 0.409. The fourth-order valence-corrected chi connectivity index (χ4v) is 4.55. The number of fused-ring (bicyclic) bond motifs is 1. The standard InChI is InChI=1S/C22H27N3O5S/c1-12(2)19(23-20(26)14-8-15(29-3)11-16(9-14)30-4)22(28)25-24-21(27)18-10-13-6-5-7-17(13)31-18/h8-12,19H,5-7H2,1-4H3,(H,23,26)(H,24,27)(H,25,28)/t19-/m1/s1. The summed E-state index contributed by atoms with van der Waals surface area (Å²) in [6, 6.07) is 5.81. The molecule has 1 aromatic carbocycles. The molecule has 166 valence electrons. The summed E-state index contributed by atoms with van der Waals surface area (Å²) in [4.78, 5) is 39.6. The number of carbonyl (C=O) groups excluding carboxylic acids is 3. The van der Waals surface area contributed by atoms with Crippen LogP contribution in [0.5, 0.6) is 11.5 Å². The van der Waals surface area contributed by atoms with Gasteiger partial charge in [-0.3, -0.25) is 25.2 Å². The molecule has 1 aromatic heterocycles. The third-order valence-electron chi connectivity index (χ3n) is 5.12. The van der Waals surface area contributed by atoms with Gasteiger partial charge in [-0.2, -0.15) is 0 Å². The zero-order valence-corrected chi connectivity index (χ0v) is 18.9. The predicted molar refractivity (Wildman–Crippen MR) is 118 cm³/mol. The number of benzene rings is 1. The second kappa shape index (κ2) is 9.82. The molecule has 2 aromatic rings. The number of thiophene rings is 1. The predicted octanol–water partition coefficient (Wildman–Crippen LogP) is 2.47. The Bertz CT molecular complexity index is 942. The van der Waals surface area contributed by atoms with E-state index < -0.39 is 17.9 Å². The number of carbonyl (C=O) groups is 3. The van der Waals surface area contributed by atoms with Crippen LogP contribution in [0.3, 0.4) is 0 Å². The Kier molecular flexibility index (Phi) is 7.17. The minimum atomic E-state index is -0.849. The lowest BCUT2D eigenvalue weighted by atomic mass is 10.0. The Hall–Kier alpha value is -3.07. The molecule has 9 heteroatoms. The van der Waals surface area contributed by atoms with Gasteiger partial charge in [0.2, 0.25) is 0 Å². The summed E-state index contributed by atoms with van der Waals surface area (Å²) in [5.41, 5.74) is 6.39. The molecule has 1 atom stereocenters. The lowest BCUT2D eigenvalue weighted by molar-refractivity contribution is -0.124. The van der Waals surface area contributed by atoms with Crippen LogP contribution < -0.4 is 25.6 Å². The van der Waals surface area contributed by atoms with Gasteiger partial charge >= 0.3 is 0 Å². The Morgan fingerprint density at radius 1 is 0.935 bits per heavy atom. The van der Waals surface area contributed by atoms with E-state index in [0.717, 1.165) is 19.3 Å². The minimum Gasteiger partial charge on any atom is -0.497 e. The first kappa shape index (κ1) is 22.6. The molecule has 1 aliphatic rings. The fourth-order valence-electron chi connectivity index (χ4n) is 3.40. The van der Waals surface area contributed by atoms with Crippen molar-refractivity contribution in [1.29, 1.82) is 0 Å². The maximum absolute atomic E-state index is 12.8. The van der Waals surface area contributed by atoms with Crippen molar-refractivity contribution in [2.45, 2.75) is 39.2 Å². The van der Waals surface area contributed by atoms with Gasteiger partial charge in [-0.1, -0.05) is 13.8 Å². The summed E-state index contributed by atoms with van der Waals surface area (Å²) in [6.45, 7) is 3.62. The van der Waals surface area contributed by atoms with Crippen molar-refractivity contribution >= 4 is 29.1 Å². The number of amides is 3. The summed E-state index contributed by atoms with van der Waals surface area (Å²) < 4.78 is 10.4. The molecule has 3 amide bonds. The number of aryl methyl sites for hydroxylation is 2. The molecule has 0 spiro atoms. The SMILES string of the molecule is COc1cc(OC)cc(C(=O)N[C@@H](C(=O)NNC(=O)c2cc3c(s2)CCC3)C(C)C)c1. The maximum Gasteiger partial charge on any atom is 0.279 e. The van der Waals surface area contributed by atoms with Crippen LogP contribution in [0.15, 0.2) is 24.3 Å². The largest absolute Gasteiger partial charge is 0.497 e. The second-order valence-electron chi connectivity index (χ2n) is 7.65. The van der Waals surface area contributed by atoms with Crippen molar-refractivity contribution in [3.63, 3.8) is 0 Å². The molecule has 1 aliphatic carbocycles. The number of hydrazine groups is 1. The van der Waals surface area contributed by atoms with Gasteiger partial charge in [-0.15, -0.1) is 11.3 Å². The van der Waals surface area contributed by atoms with E-state index in [1.807, 2.05) is 19.9 Å². The zero-order valence-electron chi connectivity index (χ0n) is 18.0. The molecular formula is C22H27N3O5S. The molecule has 0 fully saturated rings. The van der Waals surface area contributed by atoms with E-state index in [4.69, 9.17) is 9.47 Å². The number of methoxy groups -OCH3 is 2. The van der Waals surface area contributed by atoms with E-state index in [2.05, 4.69) is 16.2 Å². The van der Waals surface area contributed by atoms with Crippen molar-refractivity contribution in [2.24, 2.45) is 5.92 Å². The highest BCUT2D eigenvalue weighted by atomic mass is 32.1. The molecule has 0 unspecified atom stereocenters. The molecule has 8 nitrogen and oxygen atoms in total. The van der Waals surface area contributed by atoms with Crippen LogP contribution in [0.2, 0.25) is 0 Å². The monoisotopic (exact) mass is 445 g/mol. The van der Waals surface area contributed by atoms with Crippen molar-refractivity contribution in [3.8, 4) is 11.5 Å². The molecule has 0 radical (unpaired) electrons. The third kappa shape index (κ3) is 5.35. The Labute approximate surface area is 185 Å². The number of nitrogens with one attached hydrogen (secondary N) is 3. The van der Waals surface area contributed by atoms with E-state index in [0.29, 0.717) is 21.9 Å². The normalized spacial score (nSPS) is 13.3. The molecular weight excluding hydrogens is 418 g/mol. The number of rotatable bonds is 7. The van der Waals surface area contributed by atoms with Gasteiger partial charge in [0.15, 0.2) is 0 Å². The Balaban J connectivity index is 1.63. The molecule has 1 heterocycles. The summed E-state index contributed by atoms with van der Waals surface area (Å²) >= 11 is 1.45. The number of ether oxygens (including phenoxy) is 2. The third-order valence-corrected chi connectivity index (χ3v) is 6.35. The van der Waals surface area contributed by atoms with E-state index in [1.165, 1.54) is 36.0 Å². The first-order chi connectivity index (χ1) is 14.8. The van der Waals surface area contributed by atoms with Crippen molar-refractivity contribution in [2.75, 3.05) is 14.2 Å². The van der Waals surface area contributed by atoms with E-state index in [-0.39, 0.29) is 11.8 Å². The van der Waals surface area contributed by atoms with Crippen LogP contribution in [0.1, 0.15) is 50.7 Å². The van der Waals surface area contributed by atoms with Gasteiger partial charge in [0, 0.05) is 16.5 Å². The maximum atomic E-state index is 12.8. The Morgan fingerprint density at radius 2 is 1.61 bits per heavy atom. The summed E-state index contributed by atoms with van der Waals surface area (Å²) in [5.74, 6) is -0.601. The highest BCUT2D eigenvalue weighted by molar-refractivity contribution is 7.14. The molecule has 3 N–H and O–H groups in total. The van der Waals surface area contributed by atoms with Crippen LogP contribution in [0, 0.1) is 5.92 Å². The summed E-state index contributed by atoms with van der Waals surface area (Å²) in [6.07, 6.45) is 3.10. The van der Waals surface area contributed by atoms with Gasteiger partial charge in [0.05, 0.1) is 19.1 Å². The number of hydrogen-bond donors (Lipinski definition) is 3. The number of hydrogen-bond acceptors (Lipinski definition) is 6. The molecule has 31 heavy (non-hydrogen) atoms. The van der Waals surface area contributed by atoms with E-state index in [1.54, 1.807) is 18.2 Å². The first-order valence-electron chi connectivity index (χ1n) is 10.1. The second-order valence-corrected chi connectivity index (χ2v) is 8.79. The highest BCUT2D eigenvalue weighted by Crippen LogP contribution is 2.30. The zero-order chi connectivity index (χ0) is 22.5. The van der Waals surface area contributed by atoms with Crippen LogP contribution in [-0.2, 0) is 17.6 Å². The van der Waals surface area contributed by atoms with Gasteiger partial charge in [0.1, 0.15) is 17.5 Å². The van der Waals surface area contributed by atoms with Crippen molar-refractivity contribution in [1.82, 2.24) is 16.2 Å². The molecule has 0 saturated heterocycles. The lowest BCUT2D eigenvalue weighted by Crippen LogP contribution is -2.54. The van der Waals surface area contributed by atoms with Crippen LogP contribution in [0.25, 0.3) is 0 Å². The van der Waals surface area contributed by atoms with Crippen LogP contribution in [-0.4, -0.2) is 38.0 Å². The van der Waals surface area contributed by atoms with Crippen LogP contribution >= 0.6 is 11.3 Å². The lowest BCUT2D eigenvalue weighted by Gasteiger charge is -2.22. The first-order valence-corrected chi connectivity index (χ1v) is 10.9. The van der Waals surface area contributed by atoms with Crippen molar-refractivity contribution < 1.29 is 23.9 Å². The average Bonchev–Trinajstić information content (AvgIpc) is 3.37. The Morgan fingerprint density at radius 3 is 2.19 bits per heavy atom. The smallest absolute Gasteiger partial charge is 0.279 e. The molecule has 3 rings (SSSR count). The minimum absolute atomic E-state index is 0.209. The van der Waals surface area contributed by atoms with E-state index >= 15 is 0 Å². The summed E-state index contributed by atoms with van der Waals surface area (Å²) in [5, 5.41) is 2.72. The topological polar surface area (TPSA) is 106 Å². The van der Waals surface area contributed by atoms with Crippen LogP contribution in [0.4, 0.5) is 0 Å². The van der Waals surface area contributed by atoms with Crippen molar-refractivity contribution in [3.05, 3.63) is 45.1 Å². The molecule has 0 bridgehead atoms. The quantitative estimate of drug-likeness (QED) is 0.568. The highest BCUT2D eigenvalue weighted by Gasteiger charge is 2.26. The van der Waals surface area contributed by atoms with Gasteiger partial charge < -0.3 is 14.8 Å². The summed E-state index contributed by atoms with van der Waals surface area (Å²) in [7, 11) is 2.98. The molecule has 0 aliphatic heterocycles. The van der Waals surface area contributed by atoms with E-state index in [9.17, 15) is 14.4 Å². The average molecular weight is 446 g/mol. The van der Waals surface area contributed by atoms with Gasteiger partial charge in [-0.25, -0.2) is 0 Å².